The number of rotatable bonds is 4. The van der Waals surface area contributed by atoms with Gasteiger partial charge in [-0.15, -0.1) is 5.10 Å². The Bertz CT molecular complexity index is 768. The summed E-state index contributed by atoms with van der Waals surface area (Å²) >= 11 is 3.49. The summed E-state index contributed by atoms with van der Waals surface area (Å²) in [5.74, 6) is 5.72. The first-order valence-electron chi connectivity index (χ1n) is 6.66. The largest absolute Gasteiger partial charge is 0.271 e. The SMILES string of the molecule is Cn1cc(CC(NN)c2ccc3cc(Br)ccc3c2)nn1. The van der Waals surface area contributed by atoms with Crippen molar-refractivity contribution in [3.8, 4) is 0 Å². The summed E-state index contributed by atoms with van der Waals surface area (Å²) in [7, 11) is 1.86. The van der Waals surface area contributed by atoms with E-state index in [0.717, 1.165) is 15.7 Å². The van der Waals surface area contributed by atoms with E-state index in [-0.39, 0.29) is 6.04 Å². The number of nitrogens with one attached hydrogen (secondary N) is 1. The van der Waals surface area contributed by atoms with E-state index in [9.17, 15) is 0 Å². The third kappa shape index (κ3) is 3.12. The summed E-state index contributed by atoms with van der Waals surface area (Å²) in [6, 6.07) is 12.6. The molecule has 0 spiro atoms. The Labute approximate surface area is 131 Å². The molecule has 0 saturated heterocycles. The van der Waals surface area contributed by atoms with Gasteiger partial charge >= 0.3 is 0 Å². The minimum absolute atomic E-state index is 0.00902. The van der Waals surface area contributed by atoms with Crippen molar-refractivity contribution < 1.29 is 0 Å². The van der Waals surface area contributed by atoms with Gasteiger partial charge in [-0.2, -0.15) is 0 Å². The first-order chi connectivity index (χ1) is 10.2. The second-order valence-corrected chi connectivity index (χ2v) is 5.97. The van der Waals surface area contributed by atoms with E-state index in [2.05, 4.69) is 62.0 Å². The Hall–Kier alpha value is -1.76. The van der Waals surface area contributed by atoms with Gasteiger partial charge in [0.05, 0.1) is 11.7 Å². The molecule has 108 valence electrons. The number of hydrogen-bond donors (Lipinski definition) is 2. The average molecular weight is 346 g/mol. The van der Waals surface area contributed by atoms with E-state index in [1.807, 2.05) is 19.3 Å². The van der Waals surface area contributed by atoms with Gasteiger partial charge in [0.2, 0.25) is 0 Å². The van der Waals surface area contributed by atoms with Gasteiger partial charge < -0.3 is 0 Å². The van der Waals surface area contributed by atoms with E-state index < -0.39 is 0 Å². The molecule has 2 aromatic carbocycles. The lowest BCUT2D eigenvalue weighted by Crippen LogP contribution is -2.29. The topological polar surface area (TPSA) is 68.8 Å². The fraction of sp³-hybridized carbons (Fsp3) is 0.200. The maximum Gasteiger partial charge on any atom is 0.0846 e. The normalized spacial score (nSPS) is 12.7. The van der Waals surface area contributed by atoms with Crippen molar-refractivity contribution in [2.24, 2.45) is 12.9 Å². The fourth-order valence-electron chi connectivity index (χ4n) is 2.42. The number of hydrazine groups is 1. The summed E-state index contributed by atoms with van der Waals surface area (Å²) in [6.45, 7) is 0. The van der Waals surface area contributed by atoms with Crippen molar-refractivity contribution >= 4 is 26.7 Å². The van der Waals surface area contributed by atoms with Crippen LogP contribution in [0.4, 0.5) is 0 Å². The molecule has 0 saturated carbocycles. The third-order valence-corrected chi connectivity index (χ3v) is 3.99. The smallest absolute Gasteiger partial charge is 0.0846 e. The van der Waals surface area contributed by atoms with Gasteiger partial charge in [0, 0.05) is 24.1 Å². The molecule has 3 N–H and O–H groups in total. The van der Waals surface area contributed by atoms with Crippen LogP contribution in [-0.2, 0) is 13.5 Å². The standard InChI is InChI=1S/C15H16BrN5/c1-21-9-14(19-20-21)8-15(18-17)12-3-2-11-7-13(16)5-4-10(11)6-12/h2-7,9,15,18H,8,17H2,1H3. The number of fused-ring (bicyclic) bond motifs is 1. The summed E-state index contributed by atoms with van der Waals surface area (Å²) in [4.78, 5) is 0. The second-order valence-electron chi connectivity index (χ2n) is 5.06. The number of nitrogens with zero attached hydrogens (tertiary/aromatic N) is 3. The average Bonchev–Trinajstić information content (AvgIpc) is 2.89. The van der Waals surface area contributed by atoms with Gasteiger partial charge in [0.1, 0.15) is 0 Å². The molecule has 1 aromatic heterocycles. The lowest BCUT2D eigenvalue weighted by Gasteiger charge is -2.15. The van der Waals surface area contributed by atoms with Crippen molar-refractivity contribution in [3.63, 3.8) is 0 Å². The van der Waals surface area contributed by atoms with E-state index in [1.54, 1.807) is 4.68 Å². The van der Waals surface area contributed by atoms with Crippen molar-refractivity contribution in [2.45, 2.75) is 12.5 Å². The third-order valence-electron chi connectivity index (χ3n) is 3.49. The van der Waals surface area contributed by atoms with Crippen molar-refractivity contribution in [3.05, 3.63) is 58.3 Å². The zero-order valence-corrected chi connectivity index (χ0v) is 13.2. The summed E-state index contributed by atoms with van der Waals surface area (Å²) in [6.07, 6.45) is 2.61. The van der Waals surface area contributed by atoms with Gasteiger partial charge in [-0.1, -0.05) is 39.3 Å². The van der Waals surface area contributed by atoms with Crippen LogP contribution in [0, 0.1) is 0 Å². The van der Waals surface area contributed by atoms with Gasteiger partial charge in [-0.25, -0.2) is 0 Å². The monoisotopic (exact) mass is 345 g/mol. The molecule has 3 aromatic rings. The minimum Gasteiger partial charge on any atom is -0.271 e. The molecule has 1 unspecified atom stereocenters. The van der Waals surface area contributed by atoms with Crippen LogP contribution in [0.1, 0.15) is 17.3 Å². The zero-order chi connectivity index (χ0) is 14.8. The van der Waals surface area contributed by atoms with Gasteiger partial charge in [-0.05, 0) is 34.5 Å². The Morgan fingerprint density at radius 3 is 2.71 bits per heavy atom. The van der Waals surface area contributed by atoms with Gasteiger partial charge in [-0.3, -0.25) is 16.0 Å². The van der Waals surface area contributed by atoms with E-state index >= 15 is 0 Å². The van der Waals surface area contributed by atoms with Crippen LogP contribution in [0.15, 0.2) is 47.1 Å². The van der Waals surface area contributed by atoms with Crippen molar-refractivity contribution in [2.75, 3.05) is 0 Å². The Morgan fingerprint density at radius 2 is 2.00 bits per heavy atom. The van der Waals surface area contributed by atoms with Crippen LogP contribution in [0.5, 0.6) is 0 Å². The maximum absolute atomic E-state index is 5.72. The van der Waals surface area contributed by atoms with Gasteiger partial charge in [0.25, 0.3) is 0 Å². The van der Waals surface area contributed by atoms with E-state index in [0.29, 0.717) is 6.42 Å². The molecule has 0 fully saturated rings. The molecule has 0 amide bonds. The number of aryl methyl sites for hydroxylation is 1. The summed E-state index contributed by atoms with van der Waals surface area (Å²) in [5, 5.41) is 10.5. The van der Waals surface area contributed by atoms with Crippen LogP contribution in [0.3, 0.4) is 0 Å². The number of nitrogens with two attached hydrogens (primary N) is 1. The van der Waals surface area contributed by atoms with Crippen LogP contribution in [-0.4, -0.2) is 15.0 Å². The number of benzene rings is 2. The van der Waals surface area contributed by atoms with Gasteiger partial charge in [0.15, 0.2) is 0 Å². The summed E-state index contributed by atoms with van der Waals surface area (Å²) < 4.78 is 2.77. The Balaban J connectivity index is 1.91. The van der Waals surface area contributed by atoms with E-state index in [4.69, 9.17) is 5.84 Å². The summed E-state index contributed by atoms with van der Waals surface area (Å²) in [5.41, 5.74) is 4.92. The molecule has 0 aliphatic heterocycles. The first-order valence-corrected chi connectivity index (χ1v) is 7.45. The van der Waals surface area contributed by atoms with Crippen LogP contribution in [0.2, 0.25) is 0 Å². The fourth-order valence-corrected chi connectivity index (χ4v) is 2.80. The predicted octanol–water partition coefficient (Wildman–Crippen LogP) is 2.48. The molecule has 1 heterocycles. The number of halogens is 1. The second kappa shape index (κ2) is 5.93. The molecule has 21 heavy (non-hydrogen) atoms. The van der Waals surface area contributed by atoms with Crippen LogP contribution in [0.25, 0.3) is 10.8 Å². The molecular formula is C15H16BrN5. The lowest BCUT2D eigenvalue weighted by atomic mass is 9.99. The molecule has 5 nitrogen and oxygen atoms in total. The highest BCUT2D eigenvalue weighted by molar-refractivity contribution is 9.10. The first kappa shape index (κ1) is 14.2. The number of aromatic nitrogens is 3. The molecule has 0 aliphatic carbocycles. The minimum atomic E-state index is 0.00902. The molecule has 0 aliphatic rings. The highest BCUT2D eigenvalue weighted by Crippen LogP contribution is 2.24. The van der Waals surface area contributed by atoms with E-state index in [1.165, 1.54) is 10.8 Å². The lowest BCUT2D eigenvalue weighted by molar-refractivity contribution is 0.546. The molecule has 0 radical (unpaired) electrons. The van der Waals surface area contributed by atoms with Crippen molar-refractivity contribution in [1.29, 1.82) is 0 Å². The molecule has 6 heteroatoms. The quantitative estimate of drug-likeness (QED) is 0.563. The van der Waals surface area contributed by atoms with Crippen LogP contribution >= 0.6 is 15.9 Å². The highest BCUT2D eigenvalue weighted by Gasteiger charge is 2.13. The Kier molecular flexibility index (Phi) is 4.01. The van der Waals surface area contributed by atoms with Crippen molar-refractivity contribution in [1.82, 2.24) is 20.4 Å². The number of hydrogen-bond acceptors (Lipinski definition) is 4. The maximum atomic E-state index is 5.72. The zero-order valence-electron chi connectivity index (χ0n) is 11.6. The highest BCUT2D eigenvalue weighted by atomic mass is 79.9. The predicted molar refractivity (Wildman–Crippen MR) is 86.4 cm³/mol. The van der Waals surface area contributed by atoms with Crippen LogP contribution < -0.4 is 11.3 Å². The molecular weight excluding hydrogens is 330 g/mol. The molecule has 3 rings (SSSR count). The molecule has 0 bridgehead atoms. The Morgan fingerprint density at radius 1 is 1.24 bits per heavy atom. The molecule has 1 atom stereocenters.